The average molecular weight is 267 g/mol. The Bertz CT molecular complexity index is 235. The molecule has 1 nitrogen and oxygen atoms in total. The first-order valence-corrected chi connectivity index (χ1v) is 5.17. The maximum absolute atomic E-state index is 12.1. The van der Waals surface area contributed by atoms with Gasteiger partial charge in [0.25, 0.3) is 0 Å². The van der Waals surface area contributed by atoms with E-state index in [0.717, 1.165) is 6.42 Å². The molecule has 4 heteroatoms. The molecule has 0 heterocycles. The van der Waals surface area contributed by atoms with Gasteiger partial charge in [0, 0.05) is 15.9 Å². The molecule has 1 atom stereocenters. The second-order valence-corrected chi connectivity index (χ2v) is 3.74. The third-order valence-corrected chi connectivity index (χ3v) is 1.59. The van der Waals surface area contributed by atoms with Gasteiger partial charge in [-0.3, -0.25) is 0 Å². The van der Waals surface area contributed by atoms with Crippen LogP contribution >= 0.6 is 15.9 Å². The Morgan fingerprint density at radius 1 is 1.50 bits per heavy atom. The molecule has 0 aliphatic heterocycles. The van der Waals surface area contributed by atoms with Crippen molar-refractivity contribution in [1.82, 2.24) is 0 Å². The number of aliphatic hydroxyl groups is 1. The van der Waals surface area contributed by atoms with Gasteiger partial charge in [0.05, 0.1) is 0 Å². The average Bonchev–Trinajstić information content (AvgIpc) is 2.08. The summed E-state index contributed by atoms with van der Waals surface area (Å²) in [6.45, 7) is 2.00. The zero-order valence-corrected chi connectivity index (χ0v) is 9.52. The third kappa shape index (κ3) is 9.69. The highest BCUT2D eigenvalue weighted by Gasteiger charge is 2.19. The SMILES string of the molecule is CC/C=C\CCC(O)C#CC(F)(F)Br. The van der Waals surface area contributed by atoms with Gasteiger partial charge in [-0.05, 0) is 25.2 Å². The van der Waals surface area contributed by atoms with Crippen molar-refractivity contribution in [2.75, 3.05) is 0 Å². The second-order valence-electron chi connectivity index (χ2n) is 2.74. The normalized spacial score (nSPS) is 13.8. The van der Waals surface area contributed by atoms with E-state index in [4.69, 9.17) is 5.11 Å². The summed E-state index contributed by atoms with van der Waals surface area (Å²) in [6.07, 6.45) is 4.84. The van der Waals surface area contributed by atoms with Gasteiger partial charge >= 0.3 is 4.83 Å². The van der Waals surface area contributed by atoms with Gasteiger partial charge in [-0.2, -0.15) is 8.78 Å². The van der Waals surface area contributed by atoms with Crippen molar-refractivity contribution in [3.8, 4) is 11.8 Å². The third-order valence-electron chi connectivity index (χ3n) is 1.39. The van der Waals surface area contributed by atoms with Crippen LogP contribution in [0, 0.1) is 11.8 Å². The number of halogens is 3. The molecule has 80 valence electrons. The van der Waals surface area contributed by atoms with E-state index in [1.807, 2.05) is 19.1 Å². The summed E-state index contributed by atoms with van der Waals surface area (Å²) in [5, 5.41) is 9.15. The second kappa shape index (κ2) is 6.97. The molecule has 0 rings (SSSR count). The van der Waals surface area contributed by atoms with Crippen LogP contribution in [0.25, 0.3) is 0 Å². The fraction of sp³-hybridized carbons (Fsp3) is 0.600. The summed E-state index contributed by atoms with van der Waals surface area (Å²) >= 11 is 2.07. The van der Waals surface area contributed by atoms with Crippen molar-refractivity contribution in [3.05, 3.63) is 12.2 Å². The minimum Gasteiger partial charge on any atom is -0.380 e. The van der Waals surface area contributed by atoms with Gasteiger partial charge in [0.2, 0.25) is 0 Å². The Hall–Kier alpha value is -0.400. The first-order valence-electron chi connectivity index (χ1n) is 4.38. The van der Waals surface area contributed by atoms with Crippen LogP contribution in [0.15, 0.2) is 12.2 Å². The number of aliphatic hydroxyl groups excluding tert-OH is 1. The maximum Gasteiger partial charge on any atom is 0.363 e. The monoisotopic (exact) mass is 266 g/mol. The molecule has 0 bridgehead atoms. The van der Waals surface area contributed by atoms with E-state index in [-0.39, 0.29) is 0 Å². The Morgan fingerprint density at radius 3 is 2.64 bits per heavy atom. The highest BCUT2D eigenvalue weighted by molar-refractivity contribution is 9.10. The Kier molecular flexibility index (Phi) is 6.77. The van der Waals surface area contributed by atoms with E-state index in [9.17, 15) is 8.78 Å². The number of allylic oxidation sites excluding steroid dienone is 2. The van der Waals surface area contributed by atoms with Crippen molar-refractivity contribution in [2.45, 2.75) is 37.1 Å². The van der Waals surface area contributed by atoms with Crippen molar-refractivity contribution in [2.24, 2.45) is 0 Å². The number of hydrogen-bond acceptors (Lipinski definition) is 1. The van der Waals surface area contributed by atoms with Gasteiger partial charge in [0.15, 0.2) is 0 Å². The lowest BCUT2D eigenvalue weighted by molar-refractivity contribution is 0.179. The van der Waals surface area contributed by atoms with Crippen LogP contribution < -0.4 is 0 Å². The van der Waals surface area contributed by atoms with Gasteiger partial charge in [-0.15, -0.1) is 0 Å². The van der Waals surface area contributed by atoms with Gasteiger partial charge in [0.1, 0.15) is 6.10 Å². The predicted molar refractivity (Wildman–Crippen MR) is 56.3 cm³/mol. The largest absolute Gasteiger partial charge is 0.380 e. The molecule has 0 aromatic heterocycles. The highest BCUT2D eigenvalue weighted by Crippen LogP contribution is 2.19. The van der Waals surface area contributed by atoms with E-state index in [0.29, 0.717) is 12.8 Å². The quantitative estimate of drug-likeness (QED) is 0.471. The van der Waals surface area contributed by atoms with Gasteiger partial charge in [-0.25, -0.2) is 0 Å². The first-order chi connectivity index (χ1) is 6.45. The van der Waals surface area contributed by atoms with Crippen molar-refractivity contribution in [1.29, 1.82) is 0 Å². The number of alkyl halides is 3. The molecule has 0 saturated heterocycles. The topological polar surface area (TPSA) is 20.2 Å². The van der Waals surface area contributed by atoms with E-state index in [1.54, 1.807) is 5.92 Å². The Labute approximate surface area is 91.3 Å². The zero-order chi connectivity index (χ0) is 11.0. The number of rotatable bonds is 4. The number of hydrogen-bond donors (Lipinski definition) is 1. The predicted octanol–water partition coefficient (Wildman–Crippen LogP) is 3.08. The van der Waals surface area contributed by atoms with Gasteiger partial charge < -0.3 is 5.11 Å². The van der Waals surface area contributed by atoms with E-state index >= 15 is 0 Å². The molecule has 0 amide bonds. The lowest BCUT2D eigenvalue weighted by atomic mass is 10.2. The standard InChI is InChI=1S/C10H13BrF2O/c1-2-3-4-5-6-9(14)7-8-10(11,12)13/h3-4,9,14H,2,5-6H2,1H3/b4-3-. The summed E-state index contributed by atoms with van der Waals surface area (Å²) in [7, 11) is 0. The molecule has 0 radical (unpaired) electrons. The van der Waals surface area contributed by atoms with Crippen LogP contribution in [0.2, 0.25) is 0 Å². The molecule has 0 spiro atoms. The maximum atomic E-state index is 12.1. The lowest BCUT2D eigenvalue weighted by Crippen LogP contribution is -2.05. The fourth-order valence-electron chi connectivity index (χ4n) is 0.776. The molecule has 0 saturated carbocycles. The van der Waals surface area contributed by atoms with E-state index < -0.39 is 10.9 Å². The van der Waals surface area contributed by atoms with Crippen LogP contribution in [0.5, 0.6) is 0 Å². The van der Waals surface area contributed by atoms with Crippen LogP contribution in [-0.2, 0) is 0 Å². The molecule has 0 aliphatic rings. The zero-order valence-electron chi connectivity index (χ0n) is 7.93. The molecule has 0 aromatic rings. The summed E-state index contributed by atoms with van der Waals surface area (Å²) < 4.78 is 24.3. The first kappa shape index (κ1) is 13.6. The minimum atomic E-state index is -3.20. The van der Waals surface area contributed by atoms with Crippen molar-refractivity contribution >= 4 is 15.9 Å². The summed E-state index contributed by atoms with van der Waals surface area (Å²) in [4.78, 5) is -3.20. The van der Waals surface area contributed by atoms with E-state index in [2.05, 4.69) is 21.9 Å². The molecular weight excluding hydrogens is 254 g/mol. The highest BCUT2D eigenvalue weighted by atomic mass is 79.9. The van der Waals surface area contributed by atoms with Crippen LogP contribution in [0.4, 0.5) is 8.78 Å². The van der Waals surface area contributed by atoms with Gasteiger partial charge in [-0.1, -0.05) is 25.0 Å². The van der Waals surface area contributed by atoms with Crippen LogP contribution in [0.1, 0.15) is 26.2 Å². The Balaban J connectivity index is 3.79. The van der Waals surface area contributed by atoms with Crippen LogP contribution in [-0.4, -0.2) is 16.0 Å². The molecule has 0 aromatic carbocycles. The summed E-state index contributed by atoms with van der Waals surface area (Å²) in [5.41, 5.74) is 0. The Morgan fingerprint density at radius 2 is 2.14 bits per heavy atom. The molecule has 0 aliphatic carbocycles. The smallest absolute Gasteiger partial charge is 0.363 e. The van der Waals surface area contributed by atoms with Crippen molar-refractivity contribution < 1.29 is 13.9 Å². The lowest BCUT2D eigenvalue weighted by Gasteiger charge is -2.00. The summed E-state index contributed by atoms with van der Waals surface area (Å²) in [5.74, 6) is 3.70. The molecule has 0 fully saturated rings. The molecule has 14 heavy (non-hydrogen) atoms. The van der Waals surface area contributed by atoms with Crippen molar-refractivity contribution in [3.63, 3.8) is 0 Å². The molecular formula is C10H13BrF2O. The molecule has 1 N–H and O–H groups in total. The minimum absolute atomic E-state index is 0.382. The summed E-state index contributed by atoms with van der Waals surface area (Å²) in [6, 6.07) is 0. The van der Waals surface area contributed by atoms with Crippen LogP contribution in [0.3, 0.4) is 0 Å². The van der Waals surface area contributed by atoms with E-state index in [1.165, 1.54) is 0 Å². The molecule has 1 unspecified atom stereocenters. The fourth-order valence-corrected chi connectivity index (χ4v) is 0.890.